The number of anilines is 1. The van der Waals surface area contributed by atoms with Gasteiger partial charge in [0.1, 0.15) is 5.75 Å². The summed E-state index contributed by atoms with van der Waals surface area (Å²) in [5.74, 6) is 0.359. The molecule has 21 heavy (non-hydrogen) atoms. The van der Waals surface area contributed by atoms with Crippen LogP contribution in [-0.4, -0.2) is 36.5 Å². The Morgan fingerprint density at radius 1 is 1.38 bits per heavy atom. The summed E-state index contributed by atoms with van der Waals surface area (Å²) in [6.07, 6.45) is 0. The fourth-order valence-corrected chi connectivity index (χ4v) is 2.44. The van der Waals surface area contributed by atoms with Crippen LogP contribution in [0.5, 0.6) is 5.75 Å². The van der Waals surface area contributed by atoms with Crippen LogP contribution in [0.25, 0.3) is 0 Å². The number of hydrogen-bond acceptors (Lipinski definition) is 5. The lowest BCUT2D eigenvalue weighted by Gasteiger charge is -2.06. The highest BCUT2D eigenvalue weighted by Crippen LogP contribution is 2.17. The predicted octanol–water partition coefficient (Wildman–Crippen LogP) is 2.88. The van der Waals surface area contributed by atoms with E-state index in [1.54, 1.807) is 24.3 Å². The molecule has 0 atom stereocenters. The van der Waals surface area contributed by atoms with Crippen molar-refractivity contribution in [1.29, 1.82) is 0 Å². The number of amides is 1. The van der Waals surface area contributed by atoms with Crippen molar-refractivity contribution in [2.24, 2.45) is 0 Å². The Morgan fingerprint density at radius 3 is 2.76 bits per heavy atom. The van der Waals surface area contributed by atoms with Crippen LogP contribution in [0.3, 0.4) is 0 Å². The second kappa shape index (κ2) is 7.40. The highest BCUT2D eigenvalue weighted by molar-refractivity contribution is 7.13. The van der Waals surface area contributed by atoms with Crippen LogP contribution in [0.4, 0.5) is 5.13 Å². The minimum atomic E-state index is -0.240. The van der Waals surface area contributed by atoms with Crippen molar-refractivity contribution in [1.82, 2.24) is 9.88 Å². The summed E-state index contributed by atoms with van der Waals surface area (Å²) >= 11 is 7.18. The van der Waals surface area contributed by atoms with Gasteiger partial charge >= 0.3 is 0 Å². The molecule has 1 aromatic heterocycles. The fraction of sp³-hybridized carbons (Fsp3) is 0.286. The smallest absolute Gasteiger partial charge is 0.264 e. The monoisotopic (exact) mass is 325 g/mol. The Labute approximate surface area is 132 Å². The Morgan fingerprint density at radius 2 is 2.10 bits per heavy atom. The third-order valence-corrected chi connectivity index (χ3v) is 3.52. The largest absolute Gasteiger partial charge is 0.484 e. The molecule has 1 aromatic carbocycles. The Kier molecular flexibility index (Phi) is 5.55. The van der Waals surface area contributed by atoms with Crippen molar-refractivity contribution >= 4 is 34.0 Å². The first-order chi connectivity index (χ1) is 10.0. The quantitative estimate of drug-likeness (QED) is 0.887. The normalized spacial score (nSPS) is 10.7. The first kappa shape index (κ1) is 15.8. The van der Waals surface area contributed by atoms with Crippen LogP contribution in [0.2, 0.25) is 5.02 Å². The molecule has 0 aliphatic carbocycles. The summed E-state index contributed by atoms with van der Waals surface area (Å²) < 4.78 is 5.36. The fourth-order valence-electron chi connectivity index (χ4n) is 1.60. The Balaban J connectivity index is 1.81. The molecule has 0 aliphatic rings. The molecule has 0 unspecified atom stereocenters. The molecule has 0 saturated carbocycles. The van der Waals surface area contributed by atoms with E-state index in [4.69, 9.17) is 16.3 Å². The van der Waals surface area contributed by atoms with E-state index in [1.807, 2.05) is 24.4 Å². The number of carbonyl (C=O) groups excluding carboxylic acids is 1. The number of nitrogens with one attached hydrogen (secondary N) is 1. The van der Waals surface area contributed by atoms with Crippen molar-refractivity contribution in [2.45, 2.75) is 6.54 Å². The van der Waals surface area contributed by atoms with Crippen molar-refractivity contribution < 1.29 is 9.53 Å². The van der Waals surface area contributed by atoms with Gasteiger partial charge in [0.15, 0.2) is 11.7 Å². The molecule has 0 saturated heterocycles. The van der Waals surface area contributed by atoms with Gasteiger partial charge in [-0.05, 0) is 38.4 Å². The van der Waals surface area contributed by atoms with Crippen molar-refractivity contribution in [3.05, 3.63) is 40.4 Å². The van der Waals surface area contributed by atoms with E-state index in [2.05, 4.69) is 10.3 Å². The first-order valence-corrected chi connectivity index (χ1v) is 7.56. The highest BCUT2D eigenvalue weighted by Gasteiger charge is 2.08. The van der Waals surface area contributed by atoms with E-state index >= 15 is 0 Å². The lowest BCUT2D eigenvalue weighted by Crippen LogP contribution is -2.20. The standard InChI is InChI=1S/C14H16ClN3O2S/c1-18(2)7-11-9-21-14(16-11)17-13(19)8-20-12-5-3-10(15)4-6-12/h3-6,9H,7-8H2,1-2H3,(H,16,17,19). The number of hydrogen-bond donors (Lipinski definition) is 1. The minimum Gasteiger partial charge on any atom is -0.484 e. The molecular weight excluding hydrogens is 310 g/mol. The van der Waals surface area contributed by atoms with E-state index in [-0.39, 0.29) is 12.5 Å². The average Bonchev–Trinajstić information content (AvgIpc) is 2.84. The third kappa shape index (κ3) is 5.34. The van der Waals surface area contributed by atoms with Crippen molar-refractivity contribution in [3.63, 3.8) is 0 Å². The lowest BCUT2D eigenvalue weighted by molar-refractivity contribution is -0.118. The number of rotatable bonds is 6. The second-order valence-corrected chi connectivity index (χ2v) is 5.97. The van der Waals surface area contributed by atoms with Crippen LogP contribution >= 0.6 is 22.9 Å². The number of carbonyl (C=O) groups is 1. The SMILES string of the molecule is CN(C)Cc1csc(NC(=O)COc2ccc(Cl)cc2)n1. The van der Waals surface area contributed by atoms with Crippen molar-refractivity contribution in [2.75, 3.05) is 26.0 Å². The van der Waals surface area contributed by atoms with Gasteiger partial charge in [-0.3, -0.25) is 10.1 Å². The predicted molar refractivity (Wildman–Crippen MR) is 85.1 cm³/mol. The van der Waals surface area contributed by atoms with Crippen LogP contribution in [-0.2, 0) is 11.3 Å². The summed E-state index contributed by atoms with van der Waals surface area (Å²) in [6.45, 7) is 0.678. The van der Waals surface area contributed by atoms with Gasteiger partial charge in [-0.25, -0.2) is 4.98 Å². The number of halogens is 1. The number of benzene rings is 1. The summed E-state index contributed by atoms with van der Waals surface area (Å²) in [5, 5.41) is 5.85. The highest BCUT2D eigenvalue weighted by atomic mass is 35.5. The molecule has 0 radical (unpaired) electrons. The van der Waals surface area contributed by atoms with E-state index in [0.29, 0.717) is 15.9 Å². The van der Waals surface area contributed by atoms with Gasteiger partial charge in [0.05, 0.1) is 5.69 Å². The summed E-state index contributed by atoms with van der Waals surface area (Å²) in [6, 6.07) is 6.86. The zero-order valence-corrected chi connectivity index (χ0v) is 13.4. The maximum Gasteiger partial charge on any atom is 0.264 e. The van der Waals surface area contributed by atoms with Crippen LogP contribution in [0, 0.1) is 0 Å². The molecule has 112 valence electrons. The van der Waals surface area contributed by atoms with Crippen LogP contribution in [0.1, 0.15) is 5.69 Å². The maximum atomic E-state index is 11.8. The van der Waals surface area contributed by atoms with Gasteiger partial charge in [-0.2, -0.15) is 0 Å². The van der Waals surface area contributed by atoms with Gasteiger partial charge in [-0.1, -0.05) is 11.6 Å². The van der Waals surface area contributed by atoms with Crippen molar-refractivity contribution in [3.8, 4) is 5.75 Å². The molecule has 0 spiro atoms. The molecule has 0 bridgehead atoms. The second-order valence-electron chi connectivity index (χ2n) is 4.67. The van der Waals surface area contributed by atoms with E-state index in [9.17, 15) is 4.79 Å². The minimum absolute atomic E-state index is 0.0653. The number of aromatic nitrogens is 1. The van der Waals surface area contributed by atoms with Crippen LogP contribution in [0.15, 0.2) is 29.6 Å². The third-order valence-electron chi connectivity index (χ3n) is 2.46. The number of nitrogens with zero attached hydrogens (tertiary/aromatic N) is 2. The molecule has 2 aromatic rings. The molecule has 1 heterocycles. The van der Waals surface area contributed by atoms with Gasteiger partial charge in [-0.15, -0.1) is 11.3 Å². The summed E-state index contributed by atoms with van der Waals surface area (Å²) in [7, 11) is 3.94. The van der Waals surface area contributed by atoms with Crippen LogP contribution < -0.4 is 10.1 Å². The molecule has 0 aliphatic heterocycles. The topological polar surface area (TPSA) is 54.5 Å². The first-order valence-electron chi connectivity index (χ1n) is 6.30. The Bertz CT molecular complexity index is 599. The van der Waals surface area contributed by atoms with E-state index in [0.717, 1.165) is 12.2 Å². The average molecular weight is 326 g/mol. The van der Waals surface area contributed by atoms with E-state index < -0.39 is 0 Å². The summed E-state index contributed by atoms with van der Waals surface area (Å²) in [5.41, 5.74) is 0.930. The molecule has 1 amide bonds. The molecule has 7 heteroatoms. The zero-order chi connectivity index (χ0) is 15.2. The molecule has 0 fully saturated rings. The molecule has 5 nitrogen and oxygen atoms in total. The zero-order valence-electron chi connectivity index (χ0n) is 11.8. The molecule has 2 rings (SSSR count). The Hall–Kier alpha value is -1.63. The molecule has 1 N–H and O–H groups in total. The van der Waals surface area contributed by atoms with Gasteiger partial charge in [0.25, 0.3) is 5.91 Å². The van der Waals surface area contributed by atoms with Gasteiger partial charge in [0.2, 0.25) is 0 Å². The maximum absolute atomic E-state index is 11.8. The number of ether oxygens (including phenoxy) is 1. The van der Waals surface area contributed by atoms with Gasteiger partial charge in [0, 0.05) is 16.9 Å². The lowest BCUT2D eigenvalue weighted by atomic mass is 10.3. The van der Waals surface area contributed by atoms with E-state index in [1.165, 1.54) is 11.3 Å². The molecular formula is C14H16ClN3O2S. The van der Waals surface area contributed by atoms with Gasteiger partial charge < -0.3 is 9.64 Å². The number of thiazole rings is 1. The summed E-state index contributed by atoms with van der Waals surface area (Å²) in [4.78, 5) is 18.1.